The van der Waals surface area contributed by atoms with Crippen molar-refractivity contribution < 1.29 is 9.59 Å². The Morgan fingerprint density at radius 3 is 2.05 bits per heavy atom. The number of Topliss-reactive ketones (excluding diaryl/α,β-unsaturated/α-hetero) is 1. The van der Waals surface area contributed by atoms with Gasteiger partial charge in [0, 0.05) is 39.0 Å². The van der Waals surface area contributed by atoms with E-state index in [1.807, 2.05) is 11.9 Å². The van der Waals surface area contributed by atoms with Crippen LogP contribution in [0.3, 0.4) is 0 Å². The maximum atomic E-state index is 11.9. The molecule has 1 rings (SSSR count). The average Bonchev–Trinajstić information content (AvgIpc) is 2.33. The highest BCUT2D eigenvalue weighted by Gasteiger charge is 2.29. The molecule has 0 radical (unpaired) electrons. The molecule has 0 aromatic rings. The zero-order valence-electron chi connectivity index (χ0n) is 11.0. The molecule has 0 aliphatic carbocycles. The third kappa shape index (κ3) is 6.30. The van der Waals surface area contributed by atoms with Crippen LogP contribution >= 0.6 is 34.8 Å². The van der Waals surface area contributed by atoms with Crippen molar-refractivity contribution >= 4 is 46.5 Å². The Bertz CT molecular complexity index is 323. The predicted molar refractivity (Wildman–Crippen MR) is 77.8 cm³/mol. The quantitative estimate of drug-likeness (QED) is 0.574. The molecule has 19 heavy (non-hydrogen) atoms. The summed E-state index contributed by atoms with van der Waals surface area (Å²) in [6, 6.07) is 0. The Labute approximate surface area is 129 Å². The monoisotopic (exact) mass is 328 g/mol. The molecule has 1 saturated heterocycles. The fraction of sp³-hybridized carbons (Fsp3) is 0.833. The Morgan fingerprint density at radius 2 is 1.53 bits per heavy atom. The first-order valence-corrected chi connectivity index (χ1v) is 7.50. The minimum absolute atomic E-state index is 0.148. The Balaban J connectivity index is 2.16. The number of ketones is 1. The van der Waals surface area contributed by atoms with Gasteiger partial charge in [-0.2, -0.15) is 0 Å². The molecule has 1 aliphatic rings. The minimum Gasteiger partial charge on any atom is -0.340 e. The van der Waals surface area contributed by atoms with E-state index in [0.29, 0.717) is 19.3 Å². The number of rotatable bonds is 5. The van der Waals surface area contributed by atoms with E-state index in [4.69, 9.17) is 34.8 Å². The highest BCUT2D eigenvalue weighted by molar-refractivity contribution is 6.76. The summed E-state index contributed by atoms with van der Waals surface area (Å²) in [5.41, 5.74) is 0. The van der Waals surface area contributed by atoms with Crippen molar-refractivity contribution in [2.45, 2.75) is 29.5 Å². The number of hydrogen-bond acceptors (Lipinski definition) is 3. The van der Waals surface area contributed by atoms with Gasteiger partial charge in [-0.25, -0.2) is 0 Å². The SMILES string of the molecule is CN1CCN(C(=O)CCCCC(=O)C(Cl)(Cl)Cl)CC1. The molecule has 1 aliphatic heterocycles. The lowest BCUT2D eigenvalue weighted by atomic mass is 10.1. The highest BCUT2D eigenvalue weighted by Crippen LogP contribution is 2.29. The van der Waals surface area contributed by atoms with Crippen LogP contribution in [0, 0.1) is 0 Å². The number of alkyl halides is 3. The number of amides is 1. The Morgan fingerprint density at radius 1 is 1.00 bits per heavy atom. The summed E-state index contributed by atoms with van der Waals surface area (Å²) in [4.78, 5) is 27.3. The minimum atomic E-state index is -1.83. The molecule has 1 heterocycles. The fourth-order valence-corrected chi connectivity index (χ4v) is 2.20. The van der Waals surface area contributed by atoms with Gasteiger partial charge in [-0.3, -0.25) is 9.59 Å². The number of hydrogen-bond donors (Lipinski definition) is 0. The fourth-order valence-electron chi connectivity index (χ4n) is 1.92. The Hall–Kier alpha value is -0.0300. The van der Waals surface area contributed by atoms with Crippen LogP contribution in [0.5, 0.6) is 0 Å². The maximum Gasteiger partial charge on any atom is 0.248 e. The number of carbonyl (C=O) groups excluding carboxylic acids is 2. The second-order valence-electron chi connectivity index (χ2n) is 4.81. The maximum absolute atomic E-state index is 11.9. The molecule has 0 spiro atoms. The molecule has 0 unspecified atom stereocenters. The topological polar surface area (TPSA) is 40.6 Å². The molecule has 1 amide bonds. The highest BCUT2D eigenvalue weighted by atomic mass is 35.6. The molecule has 1 fully saturated rings. The first-order chi connectivity index (χ1) is 8.80. The molecule has 0 aromatic heterocycles. The van der Waals surface area contributed by atoms with Gasteiger partial charge in [0.15, 0.2) is 5.78 Å². The van der Waals surface area contributed by atoms with Crippen molar-refractivity contribution in [1.82, 2.24) is 9.80 Å². The van der Waals surface area contributed by atoms with Gasteiger partial charge in [0.05, 0.1) is 0 Å². The van der Waals surface area contributed by atoms with E-state index in [9.17, 15) is 9.59 Å². The molecule has 4 nitrogen and oxygen atoms in total. The van der Waals surface area contributed by atoms with Gasteiger partial charge >= 0.3 is 0 Å². The van der Waals surface area contributed by atoms with E-state index in [-0.39, 0.29) is 12.3 Å². The molecular weight excluding hydrogens is 311 g/mol. The van der Waals surface area contributed by atoms with Crippen LogP contribution in [0.4, 0.5) is 0 Å². The largest absolute Gasteiger partial charge is 0.340 e. The molecule has 110 valence electrons. The number of likely N-dealkylation sites (N-methyl/N-ethyl adjacent to an activating group) is 1. The van der Waals surface area contributed by atoms with Crippen molar-refractivity contribution in [2.24, 2.45) is 0 Å². The lowest BCUT2D eigenvalue weighted by Gasteiger charge is -2.32. The number of halogens is 3. The van der Waals surface area contributed by atoms with Crippen LogP contribution < -0.4 is 0 Å². The third-order valence-electron chi connectivity index (χ3n) is 3.22. The van der Waals surface area contributed by atoms with E-state index in [1.165, 1.54) is 0 Å². The predicted octanol–water partition coefficient (Wildman–Crippen LogP) is 2.26. The first kappa shape index (κ1) is 17.0. The molecular formula is C12H19Cl3N2O2. The summed E-state index contributed by atoms with van der Waals surface area (Å²) in [6.07, 6.45) is 1.88. The summed E-state index contributed by atoms with van der Waals surface area (Å²) >= 11 is 16.4. The van der Waals surface area contributed by atoms with Crippen LogP contribution in [0.2, 0.25) is 0 Å². The van der Waals surface area contributed by atoms with E-state index in [0.717, 1.165) is 26.2 Å². The van der Waals surface area contributed by atoms with Crippen molar-refractivity contribution in [2.75, 3.05) is 33.2 Å². The number of nitrogens with zero attached hydrogens (tertiary/aromatic N) is 2. The number of carbonyl (C=O) groups is 2. The second-order valence-corrected chi connectivity index (χ2v) is 7.09. The summed E-state index contributed by atoms with van der Waals surface area (Å²) in [6.45, 7) is 3.39. The first-order valence-electron chi connectivity index (χ1n) is 6.37. The van der Waals surface area contributed by atoms with Crippen molar-refractivity contribution in [3.63, 3.8) is 0 Å². The summed E-state index contributed by atoms with van der Waals surface area (Å²) in [5, 5.41) is 0. The molecule has 0 saturated carbocycles. The van der Waals surface area contributed by atoms with Gasteiger partial charge < -0.3 is 9.80 Å². The summed E-state index contributed by atoms with van der Waals surface area (Å²) in [7, 11) is 2.05. The van der Waals surface area contributed by atoms with Gasteiger partial charge in [0.2, 0.25) is 9.70 Å². The van der Waals surface area contributed by atoms with Gasteiger partial charge in [0.1, 0.15) is 0 Å². The second kappa shape index (κ2) is 7.67. The van der Waals surface area contributed by atoms with Crippen LogP contribution in [-0.4, -0.2) is 58.5 Å². The van der Waals surface area contributed by atoms with Crippen LogP contribution in [0.15, 0.2) is 0 Å². The molecule has 7 heteroatoms. The van der Waals surface area contributed by atoms with Crippen molar-refractivity contribution in [3.05, 3.63) is 0 Å². The smallest absolute Gasteiger partial charge is 0.248 e. The number of unbranched alkanes of at least 4 members (excludes halogenated alkanes) is 1. The van der Waals surface area contributed by atoms with Crippen molar-refractivity contribution in [3.8, 4) is 0 Å². The van der Waals surface area contributed by atoms with Gasteiger partial charge in [-0.15, -0.1) is 0 Å². The summed E-state index contributed by atoms with van der Waals surface area (Å²) in [5.74, 6) is -0.265. The van der Waals surface area contributed by atoms with Crippen LogP contribution in [0.25, 0.3) is 0 Å². The Kier molecular flexibility index (Phi) is 6.87. The van der Waals surface area contributed by atoms with E-state index in [1.54, 1.807) is 0 Å². The molecule has 0 aromatic carbocycles. The molecule has 0 bridgehead atoms. The molecule has 0 N–H and O–H groups in total. The number of piperazine rings is 1. The van der Waals surface area contributed by atoms with Gasteiger partial charge in [0.25, 0.3) is 0 Å². The zero-order chi connectivity index (χ0) is 14.5. The standard InChI is InChI=1S/C12H19Cl3N2O2/c1-16-6-8-17(9-7-16)11(19)5-3-2-4-10(18)12(13,14)15/h2-9H2,1H3. The average molecular weight is 330 g/mol. The lowest BCUT2D eigenvalue weighted by molar-refractivity contribution is -0.133. The van der Waals surface area contributed by atoms with Crippen LogP contribution in [-0.2, 0) is 9.59 Å². The lowest BCUT2D eigenvalue weighted by Crippen LogP contribution is -2.47. The van der Waals surface area contributed by atoms with Gasteiger partial charge in [-0.05, 0) is 19.9 Å². The van der Waals surface area contributed by atoms with E-state index < -0.39 is 9.58 Å². The normalized spacial score (nSPS) is 17.6. The third-order valence-corrected chi connectivity index (χ3v) is 3.85. The van der Waals surface area contributed by atoms with Crippen LogP contribution in [0.1, 0.15) is 25.7 Å². The van der Waals surface area contributed by atoms with E-state index in [2.05, 4.69) is 4.90 Å². The summed E-state index contributed by atoms with van der Waals surface area (Å²) < 4.78 is -1.83. The molecule has 0 atom stereocenters. The van der Waals surface area contributed by atoms with Gasteiger partial charge in [-0.1, -0.05) is 34.8 Å². The van der Waals surface area contributed by atoms with Crippen molar-refractivity contribution in [1.29, 1.82) is 0 Å². The van der Waals surface area contributed by atoms with E-state index >= 15 is 0 Å². The zero-order valence-corrected chi connectivity index (χ0v) is 13.3.